The van der Waals surface area contributed by atoms with E-state index in [4.69, 9.17) is 16.3 Å². The van der Waals surface area contributed by atoms with Crippen molar-refractivity contribution < 1.29 is 24.2 Å². The Morgan fingerprint density at radius 3 is 2.52 bits per heavy atom. The van der Waals surface area contributed by atoms with Crippen LogP contribution in [0.15, 0.2) is 29.6 Å². The van der Waals surface area contributed by atoms with Crippen LogP contribution in [0.4, 0.5) is 5.00 Å². The molecule has 6 nitrogen and oxygen atoms in total. The third kappa shape index (κ3) is 4.62. The number of amides is 1. The Balaban J connectivity index is 1.95. The summed E-state index contributed by atoms with van der Waals surface area (Å²) in [6, 6.07) is 7.12. The molecule has 3 rings (SSSR count). The summed E-state index contributed by atoms with van der Waals surface area (Å²) in [4.78, 5) is 37.1. The van der Waals surface area contributed by atoms with Crippen LogP contribution in [0, 0.1) is 11.8 Å². The topological polar surface area (TPSA) is 92.7 Å². The number of nitrogens with one attached hydrogen (secondary N) is 1. The molecule has 0 aliphatic heterocycles. The van der Waals surface area contributed by atoms with E-state index in [1.807, 2.05) is 6.07 Å². The van der Waals surface area contributed by atoms with E-state index in [0.717, 1.165) is 12.8 Å². The number of halogens is 1. The average molecular weight is 436 g/mol. The van der Waals surface area contributed by atoms with Gasteiger partial charge in [0.05, 0.1) is 18.4 Å². The van der Waals surface area contributed by atoms with Crippen LogP contribution >= 0.6 is 22.9 Å². The zero-order valence-electron chi connectivity index (χ0n) is 15.9. The summed E-state index contributed by atoms with van der Waals surface area (Å²) in [5.74, 6) is -3.23. The van der Waals surface area contributed by atoms with Gasteiger partial charge in [0, 0.05) is 21.5 Å². The Labute approximate surface area is 177 Å². The molecule has 0 bridgehead atoms. The maximum atomic E-state index is 12.9. The molecule has 0 unspecified atom stereocenters. The predicted octanol–water partition coefficient (Wildman–Crippen LogP) is 5.07. The minimum atomic E-state index is -0.960. The second-order valence-electron chi connectivity index (χ2n) is 6.88. The molecule has 8 heteroatoms. The van der Waals surface area contributed by atoms with Crippen molar-refractivity contribution in [2.24, 2.45) is 11.8 Å². The third-order valence-corrected chi connectivity index (χ3v) is 6.32. The molecule has 0 spiro atoms. The van der Waals surface area contributed by atoms with Gasteiger partial charge >= 0.3 is 11.9 Å². The molecule has 2 aromatic rings. The number of carbonyl (C=O) groups is 3. The monoisotopic (exact) mass is 435 g/mol. The van der Waals surface area contributed by atoms with Crippen molar-refractivity contribution in [3.8, 4) is 11.1 Å². The molecule has 154 valence electrons. The fraction of sp³-hybridized carbons (Fsp3) is 0.381. The maximum Gasteiger partial charge on any atom is 0.341 e. The van der Waals surface area contributed by atoms with E-state index in [0.29, 0.717) is 34.0 Å². The van der Waals surface area contributed by atoms with Crippen molar-refractivity contribution in [3.63, 3.8) is 0 Å². The summed E-state index contributed by atoms with van der Waals surface area (Å²) in [6.07, 6.45) is 2.60. The fourth-order valence-electron chi connectivity index (χ4n) is 3.68. The quantitative estimate of drug-likeness (QED) is 0.617. The molecule has 1 aromatic carbocycles. The number of thiophene rings is 1. The lowest BCUT2D eigenvalue weighted by Crippen LogP contribution is -2.36. The van der Waals surface area contributed by atoms with Crippen LogP contribution in [-0.4, -0.2) is 29.6 Å². The van der Waals surface area contributed by atoms with Crippen LogP contribution in [0.5, 0.6) is 0 Å². The number of anilines is 1. The Kier molecular flexibility index (Phi) is 6.92. The Morgan fingerprint density at radius 1 is 1.17 bits per heavy atom. The molecule has 2 N–H and O–H groups in total. The van der Waals surface area contributed by atoms with Gasteiger partial charge in [0.2, 0.25) is 5.91 Å². The normalized spacial score (nSPS) is 18.8. The van der Waals surface area contributed by atoms with Crippen LogP contribution in [0.2, 0.25) is 5.02 Å². The highest BCUT2D eigenvalue weighted by atomic mass is 35.5. The Bertz CT molecular complexity index is 926. The molecule has 0 saturated heterocycles. The highest BCUT2D eigenvalue weighted by molar-refractivity contribution is 7.15. The van der Waals surface area contributed by atoms with E-state index in [-0.39, 0.29) is 18.1 Å². The van der Waals surface area contributed by atoms with E-state index in [2.05, 4.69) is 5.32 Å². The number of rotatable bonds is 6. The fourth-order valence-corrected chi connectivity index (χ4v) is 4.87. The first-order valence-electron chi connectivity index (χ1n) is 9.51. The number of hydrogen-bond acceptors (Lipinski definition) is 5. The zero-order chi connectivity index (χ0) is 21.0. The predicted molar refractivity (Wildman–Crippen MR) is 112 cm³/mol. The molecule has 0 radical (unpaired) electrons. The first kappa shape index (κ1) is 21.3. The van der Waals surface area contributed by atoms with E-state index in [1.165, 1.54) is 11.3 Å². The molecule has 1 fully saturated rings. The summed E-state index contributed by atoms with van der Waals surface area (Å²) in [7, 11) is 0. The van der Waals surface area contributed by atoms with Gasteiger partial charge in [-0.05, 0) is 25.8 Å². The van der Waals surface area contributed by atoms with Crippen LogP contribution < -0.4 is 5.32 Å². The number of carboxylic acids is 1. The van der Waals surface area contributed by atoms with Crippen LogP contribution in [0.3, 0.4) is 0 Å². The average Bonchev–Trinajstić information content (AvgIpc) is 3.11. The van der Waals surface area contributed by atoms with Gasteiger partial charge in [0.1, 0.15) is 10.6 Å². The number of ether oxygens (including phenoxy) is 1. The molecular weight excluding hydrogens is 414 g/mol. The van der Waals surface area contributed by atoms with E-state index >= 15 is 0 Å². The lowest BCUT2D eigenvalue weighted by Gasteiger charge is -2.27. The molecule has 1 aliphatic rings. The van der Waals surface area contributed by atoms with Gasteiger partial charge in [-0.15, -0.1) is 11.3 Å². The second kappa shape index (κ2) is 9.41. The zero-order valence-corrected chi connectivity index (χ0v) is 17.5. The van der Waals surface area contributed by atoms with Gasteiger partial charge in [0.15, 0.2) is 0 Å². The lowest BCUT2D eigenvalue weighted by atomic mass is 9.79. The van der Waals surface area contributed by atoms with Gasteiger partial charge in [-0.25, -0.2) is 4.79 Å². The van der Waals surface area contributed by atoms with E-state index in [1.54, 1.807) is 30.5 Å². The number of hydrogen-bond donors (Lipinski definition) is 2. The Hall–Kier alpha value is -2.38. The van der Waals surface area contributed by atoms with Crippen molar-refractivity contribution >= 4 is 45.8 Å². The first-order valence-corrected chi connectivity index (χ1v) is 10.8. The van der Waals surface area contributed by atoms with Gasteiger partial charge in [-0.3, -0.25) is 9.59 Å². The summed E-state index contributed by atoms with van der Waals surface area (Å²) >= 11 is 7.50. The lowest BCUT2D eigenvalue weighted by molar-refractivity contribution is -0.147. The number of benzene rings is 1. The SMILES string of the molecule is CCOC(=O)c1c(-c2ccccc2Cl)csc1NC(=O)[C@@H]1CCCC[C@@H]1C(=O)O. The third-order valence-electron chi connectivity index (χ3n) is 5.09. The van der Waals surface area contributed by atoms with Crippen molar-refractivity contribution in [2.75, 3.05) is 11.9 Å². The largest absolute Gasteiger partial charge is 0.481 e. The van der Waals surface area contributed by atoms with Crippen molar-refractivity contribution in [1.82, 2.24) is 0 Å². The van der Waals surface area contributed by atoms with Gasteiger partial charge in [0.25, 0.3) is 0 Å². The number of carbonyl (C=O) groups excluding carboxylic acids is 2. The number of carboxylic acid groups (broad SMARTS) is 1. The molecule has 1 aliphatic carbocycles. The van der Waals surface area contributed by atoms with Crippen molar-refractivity contribution in [3.05, 3.63) is 40.2 Å². The highest BCUT2D eigenvalue weighted by Gasteiger charge is 2.36. The molecule has 1 amide bonds. The number of aliphatic carboxylic acids is 1. The van der Waals surface area contributed by atoms with Crippen molar-refractivity contribution in [2.45, 2.75) is 32.6 Å². The van der Waals surface area contributed by atoms with Crippen LogP contribution in [-0.2, 0) is 14.3 Å². The van der Waals surface area contributed by atoms with Crippen molar-refractivity contribution in [1.29, 1.82) is 0 Å². The van der Waals surface area contributed by atoms with Gasteiger partial charge in [-0.2, -0.15) is 0 Å². The summed E-state index contributed by atoms with van der Waals surface area (Å²) < 4.78 is 5.19. The standard InChI is InChI=1S/C21H22ClNO5S/c1-2-28-21(27)17-15(12-7-5-6-10-16(12)22)11-29-19(17)23-18(24)13-8-3-4-9-14(13)20(25)26/h5-7,10-11,13-14H,2-4,8-9H2,1H3,(H,23,24)(H,25,26)/t13-,14+/m1/s1. The van der Waals surface area contributed by atoms with E-state index in [9.17, 15) is 19.5 Å². The molecule has 2 atom stereocenters. The molecular formula is C21H22ClNO5S. The second-order valence-corrected chi connectivity index (χ2v) is 8.17. The van der Waals surface area contributed by atoms with Crippen LogP contribution in [0.1, 0.15) is 43.0 Å². The first-order chi connectivity index (χ1) is 13.9. The minimum absolute atomic E-state index is 0.188. The smallest absolute Gasteiger partial charge is 0.341 e. The minimum Gasteiger partial charge on any atom is -0.481 e. The van der Waals surface area contributed by atoms with Crippen LogP contribution in [0.25, 0.3) is 11.1 Å². The number of esters is 1. The maximum absolute atomic E-state index is 12.9. The highest BCUT2D eigenvalue weighted by Crippen LogP contribution is 2.40. The summed E-state index contributed by atoms with van der Waals surface area (Å²) in [5, 5.41) is 14.8. The molecule has 29 heavy (non-hydrogen) atoms. The molecule has 1 saturated carbocycles. The van der Waals surface area contributed by atoms with Gasteiger partial charge < -0.3 is 15.2 Å². The summed E-state index contributed by atoms with van der Waals surface area (Å²) in [6.45, 7) is 1.89. The Morgan fingerprint density at radius 2 is 1.86 bits per heavy atom. The molecule has 1 aromatic heterocycles. The summed E-state index contributed by atoms with van der Waals surface area (Å²) in [5.41, 5.74) is 1.48. The van der Waals surface area contributed by atoms with E-state index < -0.39 is 23.8 Å². The van der Waals surface area contributed by atoms with Gasteiger partial charge in [-0.1, -0.05) is 42.6 Å². The molecule has 1 heterocycles.